The zero-order valence-corrected chi connectivity index (χ0v) is 14.4. The van der Waals surface area contributed by atoms with Gasteiger partial charge in [-0.25, -0.2) is 13.1 Å². The van der Waals surface area contributed by atoms with Crippen LogP contribution in [0.3, 0.4) is 0 Å². The Balaban J connectivity index is 1.86. The summed E-state index contributed by atoms with van der Waals surface area (Å²) in [5.41, 5.74) is 2.45. The Morgan fingerprint density at radius 2 is 1.83 bits per heavy atom. The van der Waals surface area contributed by atoms with Crippen LogP contribution in [0, 0.1) is 6.92 Å². The van der Waals surface area contributed by atoms with E-state index in [-0.39, 0.29) is 4.90 Å². The van der Waals surface area contributed by atoms with E-state index in [1.807, 2.05) is 13.0 Å². The first-order valence-electron chi connectivity index (χ1n) is 7.79. The molecule has 0 spiro atoms. The second-order valence-electron chi connectivity index (χ2n) is 5.39. The van der Waals surface area contributed by atoms with Crippen LogP contribution in [0.25, 0.3) is 0 Å². The molecular weight excluding hydrogens is 310 g/mol. The van der Waals surface area contributed by atoms with E-state index < -0.39 is 10.0 Å². The number of hydrogen-bond acceptors (Lipinski definition) is 3. The van der Waals surface area contributed by atoms with Crippen molar-refractivity contribution in [2.45, 2.75) is 31.6 Å². The number of aryl methyl sites for hydroxylation is 2. The van der Waals surface area contributed by atoms with Crippen LogP contribution in [0.2, 0.25) is 0 Å². The number of ether oxygens (including phenoxy) is 1. The maximum Gasteiger partial charge on any atom is 0.240 e. The van der Waals surface area contributed by atoms with Crippen molar-refractivity contribution in [3.63, 3.8) is 0 Å². The van der Waals surface area contributed by atoms with Crippen molar-refractivity contribution >= 4 is 10.0 Å². The molecule has 0 saturated carbocycles. The van der Waals surface area contributed by atoms with Crippen molar-refractivity contribution in [2.24, 2.45) is 0 Å². The van der Waals surface area contributed by atoms with E-state index in [1.165, 1.54) is 11.1 Å². The molecule has 0 unspecified atom stereocenters. The predicted octanol–water partition coefficient (Wildman–Crippen LogP) is 3.30. The summed E-state index contributed by atoms with van der Waals surface area (Å²) in [6.45, 7) is 4.92. The lowest BCUT2D eigenvalue weighted by atomic mass is 10.1. The molecule has 0 fully saturated rings. The van der Waals surface area contributed by atoms with Crippen molar-refractivity contribution in [1.29, 1.82) is 0 Å². The van der Waals surface area contributed by atoms with Crippen LogP contribution in [0.5, 0.6) is 5.75 Å². The average Bonchev–Trinajstić information content (AvgIpc) is 2.53. The van der Waals surface area contributed by atoms with E-state index >= 15 is 0 Å². The van der Waals surface area contributed by atoms with E-state index in [4.69, 9.17) is 4.74 Å². The first-order chi connectivity index (χ1) is 11.0. The van der Waals surface area contributed by atoms with Crippen molar-refractivity contribution in [2.75, 3.05) is 13.2 Å². The third-order valence-electron chi connectivity index (χ3n) is 3.46. The van der Waals surface area contributed by atoms with Gasteiger partial charge in [-0.2, -0.15) is 0 Å². The van der Waals surface area contributed by atoms with Gasteiger partial charge in [-0.1, -0.05) is 29.8 Å². The van der Waals surface area contributed by atoms with Crippen molar-refractivity contribution in [3.05, 3.63) is 59.7 Å². The Morgan fingerprint density at radius 1 is 1.09 bits per heavy atom. The topological polar surface area (TPSA) is 55.4 Å². The Hall–Kier alpha value is -1.85. The van der Waals surface area contributed by atoms with Crippen molar-refractivity contribution in [1.82, 2.24) is 4.72 Å². The highest BCUT2D eigenvalue weighted by Gasteiger charge is 2.13. The van der Waals surface area contributed by atoms with Gasteiger partial charge in [0.2, 0.25) is 10.0 Å². The van der Waals surface area contributed by atoms with Crippen LogP contribution in [-0.2, 0) is 16.4 Å². The van der Waals surface area contributed by atoms with Crippen LogP contribution < -0.4 is 9.46 Å². The van der Waals surface area contributed by atoms with Crippen molar-refractivity contribution < 1.29 is 13.2 Å². The fourth-order valence-corrected chi connectivity index (χ4v) is 3.41. The van der Waals surface area contributed by atoms with Gasteiger partial charge < -0.3 is 4.74 Å². The minimum Gasteiger partial charge on any atom is -0.494 e. The van der Waals surface area contributed by atoms with Crippen LogP contribution in [0.4, 0.5) is 0 Å². The van der Waals surface area contributed by atoms with Gasteiger partial charge in [-0.05, 0) is 56.5 Å². The molecule has 0 aliphatic rings. The van der Waals surface area contributed by atoms with E-state index in [0.29, 0.717) is 18.9 Å². The summed E-state index contributed by atoms with van der Waals surface area (Å²) < 4.78 is 32.4. The molecule has 0 bridgehead atoms. The smallest absolute Gasteiger partial charge is 0.240 e. The molecular formula is C18H23NO3S. The summed E-state index contributed by atoms with van der Waals surface area (Å²) in [6, 6.07) is 14.7. The molecule has 2 aromatic rings. The number of rotatable bonds is 8. The Bertz CT molecular complexity index is 724. The molecule has 23 heavy (non-hydrogen) atoms. The lowest BCUT2D eigenvalue weighted by Gasteiger charge is -2.08. The fourth-order valence-electron chi connectivity index (χ4n) is 2.33. The third-order valence-corrected chi connectivity index (χ3v) is 4.94. The molecule has 0 aromatic heterocycles. The highest BCUT2D eigenvalue weighted by atomic mass is 32.2. The Labute approximate surface area is 138 Å². The van der Waals surface area contributed by atoms with Gasteiger partial charge in [0.15, 0.2) is 0 Å². The van der Waals surface area contributed by atoms with E-state index in [9.17, 15) is 8.42 Å². The summed E-state index contributed by atoms with van der Waals surface area (Å²) in [6.07, 6.45) is 1.62. The minimum atomic E-state index is -3.46. The van der Waals surface area contributed by atoms with Gasteiger partial charge in [-0.15, -0.1) is 0 Å². The maximum atomic E-state index is 12.2. The highest BCUT2D eigenvalue weighted by Crippen LogP contribution is 2.16. The molecule has 2 rings (SSSR count). The number of nitrogens with one attached hydrogen (secondary N) is 1. The zero-order chi connectivity index (χ0) is 16.7. The summed E-state index contributed by atoms with van der Waals surface area (Å²) in [5.74, 6) is 0.672. The molecule has 0 aliphatic carbocycles. The summed E-state index contributed by atoms with van der Waals surface area (Å²) in [5, 5.41) is 0. The molecule has 0 aliphatic heterocycles. The van der Waals surface area contributed by atoms with Gasteiger partial charge in [0.05, 0.1) is 11.5 Å². The minimum absolute atomic E-state index is 0.261. The van der Waals surface area contributed by atoms with Gasteiger partial charge in [0.1, 0.15) is 5.75 Å². The number of hydrogen-bond donors (Lipinski definition) is 1. The largest absolute Gasteiger partial charge is 0.494 e. The first-order valence-corrected chi connectivity index (χ1v) is 9.27. The van der Waals surface area contributed by atoms with Gasteiger partial charge >= 0.3 is 0 Å². The quantitative estimate of drug-likeness (QED) is 0.754. The summed E-state index contributed by atoms with van der Waals surface area (Å²) in [7, 11) is -3.46. The molecule has 0 radical (unpaired) electrons. The molecule has 2 aromatic carbocycles. The zero-order valence-electron chi connectivity index (χ0n) is 13.6. The molecule has 0 saturated heterocycles. The fraction of sp³-hybridized carbons (Fsp3) is 0.333. The molecule has 1 N–H and O–H groups in total. The van der Waals surface area contributed by atoms with Crippen LogP contribution >= 0.6 is 0 Å². The van der Waals surface area contributed by atoms with Crippen LogP contribution in [0.15, 0.2) is 53.4 Å². The molecule has 4 nitrogen and oxygen atoms in total. The molecule has 0 amide bonds. The van der Waals surface area contributed by atoms with Gasteiger partial charge in [-0.3, -0.25) is 0 Å². The second-order valence-corrected chi connectivity index (χ2v) is 7.16. The Kier molecular flexibility index (Phi) is 6.19. The molecule has 0 atom stereocenters. The lowest BCUT2D eigenvalue weighted by Crippen LogP contribution is -2.25. The third kappa shape index (κ3) is 5.37. The van der Waals surface area contributed by atoms with Gasteiger partial charge in [0, 0.05) is 6.54 Å². The molecule has 124 valence electrons. The van der Waals surface area contributed by atoms with Crippen LogP contribution in [0.1, 0.15) is 24.5 Å². The predicted molar refractivity (Wildman–Crippen MR) is 92.3 cm³/mol. The van der Waals surface area contributed by atoms with Crippen LogP contribution in [-0.4, -0.2) is 21.6 Å². The second kappa shape index (κ2) is 8.13. The normalized spacial score (nSPS) is 11.4. The maximum absolute atomic E-state index is 12.2. The Morgan fingerprint density at radius 3 is 2.48 bits per heavy atom. The first kappa shape index (κ1) is 17.5. The lowest BCUT2D eigenvalue weighted by molar-refractivity contribution is 0.340. The number of benzene rings is 2. The standard InChI is InChI=1S/C18H23NO3S/c1-3-22-17-9-11-18(12-10-17)23(20,21)19-13-5-8-16-7-4-6-15(2)14-16/h4,6-7,9-12,14,19H,3,5,8,13H2,1-2H3. The monoisotopic (exact) mass is 333 g/mol. The summed E-state index contributed by atoms with van der Waals surface area (Å²) >= 11 is 0. The van der Waals surface area contributed by atoms with E-state index in [1.54, 1.807) is 24.3 Å². The highest BCUT2D eigenvalue weighted by molar-refractivity contribution is 7.89. The van der Waals surface area contributed by atoms with E-state index in [2.05, 4.69) is 29.8 Å². The SMILES string of the molecule is CCOc1ccc(S(=O)(=O)NCCCc2cccc(C)c2)cc1. The van der Waals surface area contributed by atoms with E-state index in [0.717, 1.165) is 12.8 Å². The average molecular weight is 333 g/mol. The van der Waals surface area contributed by atoms with Crippen molar-refractivity contribution in [3.8, 4) is 5.75 Å². The molecule has 5 heteroatoms. The van der Waals surface area contributed by atoms with Gasteiger partial charge in [0.25, 0.3) is 0 Å². The summed E-state index contributed by atoms with van der Waals surface area (Å²) in [4.78, 5) is 0.261. The number of sulfonamides is 1. The molecule has 0 heterocycles.